The van der Waals surface area contributed by atoms with Gasteiger partial charge in [-0.05, 0) is 42.9 Å². The molecule has 0 atom stereocenters. The predicted octanol–water partition coefficient (Wildman–Crippen LogP) is 1.82. The second kappa shape index (κ2) is 8.03. The van der Waals surface area contributed by atoms with Crippen LogP contribution in [0.2, 0.25) is 0 Å². The van der Waals surface area contributed by atoms with E-state index in [-0.39, 0.29) is 18.1 Å². The Bertz CT molecular complexity index is 784. The maximum absolute atomic E-state index is 12.2. The van der Waals surface area contributed by atoms with Crippen molar-refractivity contribution in [2.75, 3.05) is 18.0 Å². The first kappa shape index (κ1) is 18.0. The van der Waals surface area contributed by atoms with Gasteiger partial charge in [0.15, 0.2) is 5.69 Å². The molecular weight excluding hydrogens is 330 g/mol. The molecule has 2 amide bonds. The van der Waals surface area contributed by atoms with Gasteiger partial charge in [-0.15, -0.1) is 0 Å². The molecule has 7 nitrogen and oxygen atoms in total. The first-order valence-corrected chi connectivity index (χ1v) is 8.99. The normalized spacial score (nSPS) is 13.4. The summed E-state index contributed by atoms with van der Waals surface area (Å²) in [6, 6.07) is 9.82. The van der Waals surface area contributed by atoms with E-state index < -0.39 is 5.91 Å². The van der Waals surface area contributed by atoms with Crippen LogP contribution in [0.3, 0.4) is 0 Å². The smallest absolute Gasteiger partial charge is 0.290 e. The number of hydrazine groups is 1. The highest BCUT2D eigenvalue weighted by Crippen LogP contribution is 2.26. The highest BCUT2D eigenvalue weighted by atomic mass is 16.2. The molecule has 2 heterocycles. The molecule has 1 aromatic heterocycles. The number of hydrogen-bond acceptors (Lipinski definition) is 4. The fraction of sp³-hybridized carbons (Fsp3) is 0.421. The van der Waals surface area contributed by atoms with Gasteiger partial charge in [-0.3, -0.25) is 25.5 Å². The van der Waals surface area contributed by atoms with Gasteiger partial charge in [-0.25, -0.2) is 0 Å². The Kier molecular flexibility index (Phi) is 5.55. The molecule has 0 saturated carbocycles. The zero-order valence-corrected chi connectivity index (χ0v) is 15.2. The van der Waals surface area contributed by atoms with Crippen molar-refractivity contribution in [2.45, 2.75) is 33.1 Å². The molecule has 0 aliphatic carbocycles. The number of nitrogens with zero attached hydrogens (tertiary/aromatic N) is 2. The van der Waals surface area contributed by atoms with Crippen molar-refractivity contribution in [3.8, 4) is 0 Å². The van der Waals surface area contributed by atoms with E-state index in [0.717, 1.165) is 37.2 Å². The van der Waals surface area contributed by atoms with Crippen molar-refractivity contribution < 1.29 is 9.59 Å². The number of fused-ring (bicyclic) bond motifs is 1. The molecule has 0 fully saturated rings. The van der Waals surface area contributed by atoms with Crippen LogP contribution in [0, 0.1) is 5.92 Å². The standard InChI is InChI=1S/C19H25N5O2/c1-13(2)10-15-11-16(21-20-15)19(26)23-22-18(25)12-24-9-5-7-14-6-3-4-8-17(14)24/h3-4,6,8,11,13H,5,7,9-10,12H2,1-2H3,(H,20,21)(H,22,25)(H,23,26). The number of para-hydroxylation sites is 1. The Hall–Kier alpha value is -2.83. The van der Waals surface area contributed by atoms with Gasteiger partial charge in [0.1, 0.15) is 0 Å². The molecule has 26 heavy (non-hydrogen) atoms. The predicted molar refractivity (Wildman–Crippen MR) is 99.7 cm³/mol. The minimum Gasteiger partial charge on any atom is -0.362 e. The van der Waals surface area contributed by atoms with E-state index in [4.69, 9.17) is 0 Å². The number of carbonyl (C=O) groups is 2. The van der Waals surface area contributed by atoms with E-state index in [1.165, 1.54) is 5.56 Å². The summed E-state index contributed by atoms with van der Waals surface area (Å²) in [7, 11) is 0. The third kappa shape index (κ3) is 4.41. The number of anilines is 1. The van der Waals surface area contributed by atoms with E-state index in [0.29, 0.717) is 5.92 Å². The summed E-state index contributed by atoms with van der Waals surface area (Å²) in [6.45, 7) is 5.23. The Morgan fingerprint density at radius 3 is 2.88 bits per heavy atom. The van der Waals surface area contributed by atoms with Gasteiger partial charge < -0.3 is 4.90 Å². The van der Waals surface area contributed by atoms with Crippen molar-refractivity contribution in [3.63, 3.8) is 0 Å². The Morgan fingerprint density at radius 2 is 2.08 bits per heavy atom. The lowest BCUT2D eigenvalue weighted by Gasteiger charge is -2.30. The fourth-order valence-electron chi connectivity index (χ4n) is 3.20. The van der Waals surface area contributed by atoms with Gasteiger partial charge in [0.25, 0.3) is 11.8 Å². The van der Waals surface area contributed by atoms with Crippen molar-refractivity contribution in [2.24, 2.45) is 5.92 Å². The number of aromatic amines is 1. The number of amides is 2. The van der Waals surface area contributed by atoms with Gasteiger partial charge in [-0.2, -0.15) is 5.10 Å². The maximum atomic E-state index is 12.2. The molecule has 0 bridgehead atoms. The minimum atomic E-state index is -0.427. The number of rotatable bonds is 5. The maximum Gasteiger partial charge on any atom is 0.290 e. The number of aromatic nitrogens is 2. The van der Waals surface area contributed by atoms with Crippen LogP contribution in [-0.2, 0) is 17.6 Å². The molecule has 138 valence electrons. The molecule has 1 aliphatic rings. The topological polar surface area (TPSA) is 90.1 Å². The van der Waals surface area contributed by atoms with Crippen LogP contribution < -0.4 is 15.8 Å². The van der Waals surface area contributed by atoms with Crippen LogP contribution >= 0.6 is 0 Å². The number of aryl methyl sites for hydroxylation is 1. The SMILES string of the molecule is CC(C)Cc1cc(C(=O)NNC(=O)CN2CCCc3ccccc32)n[nH]1. The third-order valence-corrected chi connectivity index (χ3v) is 4.35. The first-order valence-electron chi connectivity index (χ1n) is 8.99. The summed E-state index contributed by atoms with van der Waals surface area (Å²) in [5, 5.41) is 6.84. The molecule has 2 aromatic rings. The monoisotopic (exact) mass is 355 g/mol. The molecule has 3 N–H and O–H groups in total. The molecule has 7 heteroatoms. The molecule has 0 radical (unpaired) electrons. The Balaban J connectivity index is 1.51. The van der Waals surface area contributed by atoms with Gasteiger partial charge in [-0.1, -0.05) is 32.0 Å². The number of benzene rings is 1. The summed E-state index contributed by atoms with van der Waals surface area (Å²) in [6.07, 6.45) is 2.87. The van der Waals surface area contributed by atoms with E-state index in [2.05, 4.69) is 41.0 Å². The molecule has 1 aromatic carbocycles. The zero-order chi connectivity index (χ0) is 18.5. The number of carbonyl (C=O) groups excluding carboxylic acids is 2. The van der Waals surface area contributed by atoms with Gasteiger partial charge in [0.05, 0.1) is 6.54 Å². The summed E-state index contributed by atoms with van der Waals surface area (Å²) >= 11 is 0. The van der Waals surface area contributed by atoms with Crippen LogP contribution in [0.4, 0.5) is 5.69 Å². The summed E-state index contributed by atoms with van der Waals surface area (Å²) < 4.78 is 0. The van der Waals surface area contributed by atoms with Gasteiger partial charge in [0, 0.05) is 17.9 Å². The Morgan fingerprint density at radius 1 is 1.27 bits per heavy atom. The Labute approximate surface area is 153 Å². The number of nitrogens with one attached hydrogen (secondary N) is 3. The summed E-state index contributed by atoms with van der Waals surface area (Å²) in [5.41, 5.74) is 8.42. The quantitative estimate of drug-likeness (QED) is 0.714. The second-order valence-corrected chi connectivity index (χ2v) is 7.03. The molecule has 1 aliphatic heterocycles. The van der Waals surface area contributed by atoms with E-state index >= 15 is 0 Å². The molecule has 3 rings (SSSR count). The molecule has 0 unspecified atom stereocenters. The van der Waals surface area contributed by atoms with E-state index in [1.54, 1.807) is 6.07 Å². The largest absolute Gasteiger partial charge is 0.362 e. The lowest BCUT2D eigenvalue weighted by atomic mass is 10.0. The lowest BCUT2D eigenvalue weighted by molar-refractivity contribution is -0.120. The molecule has 0 saturated heterocycles. The fourth-order valence-corrected chi connectivity index (χ4v) is 3.20. The van der Waals surface area contributed by atoms with Crippen molar-refractivity contribution in [3.05, 3.63) is 47.3 Å². The van der Waals surface area contributed by atoms with Gasteiger partial charge in [0.2, 0.25) is 0 Å². The highest BCUT2D eigenvalue weighted by Gasteiger charge is 2.19. The van der Waals surface area contributed by atoms with Crippen LogP contribution in [0.15, 0.2) is 30.3 Å². The lowest BCUT2D eigenvalue weighted by Crippen LogP contribution is -2.47. The summed E-state index contributed by atoms with van der Waals surface area (Å²) in [5.74, 6) is -0.213. The molecular formula is C19H25N5O2. The van der Waals surface area contributed by atoms with E-state index in [1.807, 2.05) is 23.1 Å². The first-order chi connectivity index (χ1) is 12.5. The molecule has 0 spiro atoms. The van der Waals surface area contributed by atoms with Crippen molar-refractivity contribution in [1.82, 2.24) is 21.0 Å². The minimum absolute atomic E-state index is 0.205. The van der Waals surface area contributed by atoms with Crippen molar-refractivity contribution >= 4 is 17.5 Å². The zero-order valence-electron chi connectivity index (χ0n) is 15.2. The second-order valence-electron chi connectivity index (χ2n) is 7.03. The van der Waals surface area contributed by atoms with Crippen LogP contribution in [-0.4, -0.2) is 35.1 Å². The van der Waals surface area contributed by atoms with Crippen LogP contribution in [0.1, 0.15) is 42.0 Å². The van der Waals surface area contributed by atoms with E-state index in [9.17, 15) is 9.59 Å². The van der Waals surface area contributed by atoms with Crippen LogP contribution in [0.5, 0.6) is 0 Å². The van der Waals surface area contributed by atoms with Crippen molar-refractivity contribution in [1.29, 1.82) is 0 Å². The average Bonchev–Trinajstić information content (AvgIpc) is 3.08. The van der Waals surface area contributed by atoms with Gasteiger partial charge >= 0.3 is 0 Å². The average molecular weight is 355 g/mol. The highest BCUT2D eigenvalue weighted by molar-refractivity contribution is 5.94. The van der Waals surface area contributed by atoms with Crippen LogP contribution in [0.25, 0.3) is 0 Å². The number of hydrogen-bond donors (Lipinski definition) is 3. The number of H-pyrrole nitrogens is 1. The third-order valence-electron chi connectivity index (χ3n) is 4.35. The summed E-state index contributed by atoms with van der Waals surface area (Å²) in [4.78, 5) is 26.4.